The number of carbonyl (C=O) groups is 4. The molecule has 1 fully saturated rings. The molecule has 49 heavy (non-hydrogen) atoms. The highest BCUT2D eigenvalue weighted by Crippen LogP contribution is 2.29. The van der Waals surface area contributed by atoms with Crippen molar-refractivity contribution in [3.8, 4) is 0 Å². The van der Waals surface area contributed by atoms with Crippen LogP contribution in [-0.4, -0.2) is 79.1 Å². The van der Waals surface area contributed by atoms with Crippen molar-refractivity contribution in [2.24, 2.45) is 11.7 Å². The minimum atomic E-state index is -0.937. The predicted molar refractivity (Wildman–Crippen MR) is 188 cm³/mol. The Morgan fingerprint density at radius 3 is 2.59 bits per heavy atom. The van der Waals surface area contributed by atoms with Crippen molar-refractivity contribution in [3.05, 3.63) is 52.3 Å². The third kappa shape index (κ3) is 9.89. The SMILES string of the molecule is CCC(=O)N[C@@H](Cc1nc2ccc(C)cc2s1)C(=O)N[C@H](C(=O)N[C@@H](CCCCN)C(=O)N[C@@H]1CCOC2=C1CCC=C2)C1CCOCC1. The number of nitrogens with one attached hydrogen (secondary N) is 4. The first-order valence-electron chi connectivity index (χ1n) is 17.6. The number of aromatic nitrogens is 1. The molecule has 1 aromatic heterocycles. The number of fused-ring (bicyclic) bond motifs is 1. The van der Waals surface area contributed by atoms with Crippen LogP contribution in [0.5, 0.6) is 0 Å². The Morgan fingerprint density at radius 2 is 1.82 bits per heavy atom. The number of thiazole rings is 1. The Balaban J connectivity index is 1.33. The van der Waals surface area contributed by atoms with E-state index in [1.54, 1.807) is 6.92 Å². The summed E-state index contributed by atoms with van der Waals surface area (Å²) in [5.41, 5.74) is 8.78. The van der Waals surface area contributed by atoms with Gasteiger partial charge in [0.05, 0.1) is 27.9 Å². The number of ether oxygens (including phenoxy) is 2. The lowest BCUT2D eigenvalue weighted by atomic mass is 9.90. The van der Waals surface area contributed by atoms with E-state index >= 15 is 0 Å². The molecule has 4 amide bonds. The maximum atomic E-state index is 14.1. The molecule has 2 aromatic rings. The van der Waals surface area contributed by atoms with Crippen LogP contribution in [0.25, 0.3) is 10.2 Å². The fourth-order valence-electron chi connectivity index (χ4n) is 6.61. The van der Waals surface area contributed by atoms with Gasteiger partial charge in [-0.25, -0.2) is 4.98 Å². The van der Waals surface area contributed by atoms with Gasteiger partial charge < -0.3 is 36.5 Å². The third-order valence-electron chi connectivity index (χ3n) is 9.40. The standard InChI is InChI=1S/C36H50N6O6S/c1-3-31(43)38-28(21-32-39-26-12-11-22(2)20-30(26)49-32)35(45)42-33(23-13-17-47-18-14-23)36(46)41-27(9-6-7-16-37)34(44)40-25-15-19-48-29-10-5-4-8-24(25)29/h5,10-12,20,23,25,27-28,33H,3-4,6-9,13-19,21,37H2,1-2H3,(H,38,43)(H,40,44)(H,41,46)(H,42,45)/t25-,27+,28+,33+/m1/s1. The van der Waals surface area contributed by atoms with Gasteiger partial charge >= 0.3 is 0 Å². The highest BCUT2D eigenvalue weighted by atomic mass is 32.1. The first kappa shape index (κ1) is 36.5. The Labute approximate surface area is 292 Å². The molecular weight excluding hydrogens is 644 g/mol. The highest BCUT2D eigenvalue weighted by molar-refractivity contribution is 7.18. The lowest BCUT2D eigenvalue weighted by Crippen LogP contribution is -2.60. The molecule has 0 bridgehead atoms. The van der Waals surface area contributed by atoms with Gasteiger partial charge in [-0.2, -0.15) is 0 Å². The normalized spacial score (nSPS) is 19.7. The van der Waals surface area contributed by atoms with Crippen LogP contribution in [0.3, 0.4) is 0 Å². The molecule has 12 nitrogen and oxygen atoms in total. The summed E-state index contributed by atoms with van der Waals surface area (Å²) < 4.78 is 12.4. The number of rotatable bonds is 15. The van der Waals surface area contributed by atoms with Crippen LogP contribution in [0.1, 0.15) is 75.3 Å². The van der Waals surface area contributed by atoms with Crippen LogP contribution in [0.2, 0.25) is 0 Å². The zero-order valence-electron chi connectivity index (χ0n) is 28.6. The molecule has 0 unspecified atom stereocenters. The van der Waals surface area contributed by atoms with E-state index in [4.69, 9.17) is 20.2 Å². The summed E-state index contributed by atoms with van der Waals surface area (Å²) in [7, 11) is 0. The number of nitrogens with two attached hydrogens (primary N) is 1. The van der Waals surface area contributed by atoms with Crippen molar-refractivity contribution in [2.75, 3.05) is 26.4 Å². The van der Waals surface area contributed by atoms with Crippen molar-refractivity contribution < 1.29 is 28.7 Å². The minimum absolute atomic E-state index is 0.171. The Bertz CT molecular complexity index is 1550. The number of unbranched alkanes of at least 4 members (excludes halogenated alkanes) is 1. The van der Waals surface area contributed by atoms with Gasteiger partial charge in [0.15, 0.2) is 0 Å². The molecule has 0 radical (unpaired) electrons. The van der Waals surface area contributed by atoms with Gasteiger partial charge in [-0.3, -0.25) is 19.2 Å². The van der Waals surface area contributed by atoms with E-state index < -0.39 is 29.9 Å². The average molecular weight is 695 g/mol. The molecular formula is C36H50N6O6S. The van der Waals surface area contributed by atoms with Gasteiger partial charge in [-0.15, -0.1) is 11.3 Å². The van der Waals surface area contributed by atoms with Gasteiger partial charge in [0.25, 0.3) is 0 Å². The van der Waals surface area contributed by atoms with Gasteiger partial charge in [0.2, 0.25) is 23.6 Å². The maximum Gasteiger partial charge on any atom is 0.243 e. The number of amides is 4. The molecule has 3 heterocycles. The zero-order chi connectivity index (χ0) is 34.8. The van der Waals surface area contributed by atoms with Crippen molar-refractivity contribution in [2.45, 2.75) is 102 Å². The van der Waals surface area contributed by atoms with Crippen molar-refractivity contribution in [1.82, 2.24) is 26.3 Å². The number of carbonyl (C=O) groups excluding carboxylic acids is 4. The summed E-state index contributed by atoms with van der Waals surface area (Å²) in [5.74, 6) is -0.845. The largest absolute Gasteiger partial charge is 0.493 e. The monoisotopic (exact) mass is 694 g/mol. The molecule has 0 saturated carbocycles. The number of hydrogen-bond acceptors (Lipinski definition) is 9. The van der Waals surface area contributed by atoms with Crippen molar-refractivity contribution >= 4 is 45.2 Å². The highest BCUT2D eigenvalue weighted by Gasteiger charge is 2.36. The number of allylic oxidation sites excluding steroid dienone is 2. The summed E-state index contributed by atoms with van der Waals surface area (Å²) in [5, 5.41) is 12.7. The molecule has 266 valence electrons. The number of nitrogens with zero attached hydrogens (tertiary/aromatic N) is 1. The van der Waals surface area contributed by atoms with E-state index in [0.29, 0.717) is 69.9 Å². The van der Waals surface area contributed by atoms with Crippen molar-refractivity contribution in [3.63, 3.8) is 0 Å². The third-order valence-corrected chi connectivity index (χ3v) is 10.4. The summed E-state index contributed by atoms with van der Waals surface area (Å²) in [6.07, 6.45) is 9.68. The fourth-order valence-corrected chi connectivity index (χ4v) is 7.72. The van der Waals surface area contributed by atoms with E-state index in [1.807, 2.05) is 31.2 Å². The molecule has 6 N–H and O–H groups in total. The van der Waals surface area contributed by atoms with Crippen LogP contribution >= 0.6 is 11.3 Å². The second-order valence-corrected chi connectivity index (χ2v) is 14.2. The Hall–Kier alpha value is -3.81. The Kier molecular flexibility index (Phi) is 13.2. The lowest BCUT2D eigenvalue weighted by Gasteiger charge is -2.33. The quantitative estimate of drug-likeness (QED) is 0.177. The molecule has 1 aromatic carbocycles. The van der Waals surface area contributed by atoms with Crippen LogP contribution in [-0.2, 0) is 35.1 Å². The molecule has 0 spiro atoms. The van der Waals surface area contributed by atoms with Gasteiger partial charge in [0, 0.05) is 32.5 Å². The van der Waals surface area contributed by atoms with Crippen LogP contribution < -0.4 is 27.0 Å². The summed E-state index contributed by atoms with van der Waals surface area (Å²) in [4.78, 5) is 59.2. The second kappa shape index (κ2) is 17.7. The van der Waals surface area contributed by atoms with E-state index in [1.165, 1.54) is 11.3 Å². The molecule has 2 aliphatic heterocycles. The first-order chi connectivity index (χ1) is 23.7. The first-order valence-corrected chi connectivity index (χ1v) is 18.4. The number of hydrogen-bond donors (Lipinski definition) is 5. The van der Waals surface area contributed by atoms with E-state index in [0.717, 1.165) is 40.0 Å². The Morgan fingerprint density at radius 1 is 1.00 bits per heavy atom. The molecule has 3 aliphatic rings. The van der Waals surface area contributed by atoms with Crippen LogP contribution in [0.15, 0.2) is 41.7 Å². The second-order valence-electron chi connectivity index (χ2n) is 13.1. The lowest BCUT2D eigenvalue weighted by molar-refractivity contribution is -0.135. The number of benzene rings is 1. The topological polar surface area (TPSA) is 174 Å². The average Bonchev–Trinajstić information content (AvgIpc) is 3.51. The molecule has 1 aliphatic carbocycles. The molecule has 13 heteroatoms. The summed E-state index contributed by atoms with van der Waals surface area (Å²) in [6, 6.07) is 3.13. The predicted octanol–water partition coefficient (Wildman–Crippen LogP) is 3.08. The molecule has 4 atom stereocenters. The van der Waals surface area contributed by atoms with Crippen LogP contribution in [0.4, 0.5) is 0 Å². The van der Waals surface area contributed by atoms with Crippen molar-refractivity contribution in [1.29, 1.82) is 0 Å². The summed E-state index contributed by atoms with van der Waals surface area (Å²) in [6.45, 7) is 5.63. The smallest absolute Gasteiger partial charge is 0.243 e. The minimum Gasteiger partial charge on any atom is -0.493 e. The fraction of sp³-hybridized carbons (Fsp3) is 0.583. The number of aryl methyl sites for hydroxylation is 1. The van der Waals surface area contributed by atoms with E-state index in [9.17, 15) is 19.2 Å². The van der Waals surface area contributed by atoms with Gasteiger partial charge in [0.1, 0.15) is 23.9 Å². The molecule has 5 rings (SSSR count). The summed E-state index contributed by atoms with van der Waals surface area (Å²) >= 11 is 1.48. The zero-order valence-corrected chi connectivity index (χ0v) is 29.4. The van der Waals surface area contributed by atoms with E-state index in [-0.39, 0.29) is 36.6 Å². The van der Waals surface area contributed by atoms with E-state index in [2.05, 4.69) is 27.3 Å². The van der Waals surface area contributed by atoms with Gasteiger partial charge in [-0.1, -0.05) is 19.1 Å². The van der Waals surface area contributed by atoms with Gasteiger partial charge in [-0.05, 0) is 93.7 Å². The molecule has 1 saturated heterocycles. The van der Waals surface area contributed by atoms with Crippen LogP contribution in [0, 0.1) is 12.8 Å². The maximum absolute atomic E-state index is 14.1.